The Morgan fingerprint density at radius 2 is 2.03 bits per heavy atom. The van der Waals surface area contributed by atoms with Gasteiger partial charge in [-0.2, -0.15) is 0 Å². The molecule has 1 aliphatic heterocycles. The van der Waals surface area contributed by atoms with Crippen molar-refractivity contribution in [3.63, 3.8) is 0 Å². The average Bonchev–Trinajstić information content (AvgIpc) is 3.43. The SMILES string of the molecule is COC(=O)c1ccc2[nH]c3c(c2c1)CN(C(=O)C(NC(=O)c1cccs1)C(C)C)CC3. The summed E-state index contributed by atoms with van der Waals surface area (Å²) in [6.45, 7) is 4.86. The number of nitrogens with zero attached hydrogens (tertiary/aromatic N) is 1. The average molecular weight is 440 g/mol. The number of thiophene rings is 1. The first-order chi connectivity index (χ1) is 14.9. The van der Waals surface area contributed by atoms with Gasteiger partial charge in [0.2, 0.25) is 5.91 Å². The van der Waals surface area contributed by atoms with Gasteiger partial charge in [0.05, 0.1) is 17.6 Å². The van der Waals surface area contributed by atoms with Gasteiger partial charge in [0, 0.05) is 41.7 Å². The molecule has 2 N–H and O–H groups in total. The highest BCUT2D eigenvalue weighted by atomic mass is 32.1. The summed E-state index contributed by atoms with van der Waals surface area (Å²) in [5, 5.41) is 5.67. The lowest BCUT2D eigenvalue weighted by Crippen LogP contribution is -2.52. The number of benzene rings is 1. The van der Waals surface area contributed by atoms with Crippen LogP contribution in [-0.4, -0.2) is 47.4 Å². The number of nitrogens with one attached hydrogen (secondary N) is 2. The van der Waals surface area contributed by atoms with Crippen molar-refractivity contribution in [2.45, 2.75) is 32.9 Å². The number of esters is 1. The van der Waals surface area contributed by atoms with Crippen LogP contribution in [0, 0.1) is 5.92 Å². The number of hydrogen-bond acceptors (Lipinski definition) is 5. The standard InChI is InChI=1S/C23H25N3O4S/c1-13(2)20(25-21(27)19-5-4-10-31-19)22(28)26-9-8-18-16(12-26)15-11-14(23(29)30-3)6-7-17(15)24-18/h4-7,10-11,13,20,24H,8-9,12H2,1-3H3,(H,25,27). The van der Waals surface area contributed by atoms with E-state index in [1.807, 2.05) is 37.4 Å². The molecule has 0 saturated heterocycles. The van der Waals surface area contributed by atoms with Crippen LogP contribution in [0.1, 0.15) is 45.1 Å². The highest BCUT2D eigenvalue weighted by molar-refractivity contribution is 7.12. The first kappa shape index (κ1) is 21.1. The molecule has 4 rings (SSSR count). The summed E-state index contributed by atoms with van der Waals surface area (Å²) >= 11 is 1.35. The first-order valence-corrected chi connectivity index (χ1v) is 11.1. The molecule has 7 nitrogen and oxygen atoms in total. The Labute approximate surface area is 184 Å². The minimum absolute atomic E-state index is 0.0493. The Bertz CT molecular complexity index is 1130. The molecule has 2 amide bonds. The molecule has 0 saturated carbocycles. The van der Waals surface area contributed by atoms with Crippen molar-refractivity contribution in [1.29, 1.82) is 0 Å². The zero-order valence-corrected chi connectivity index (χ0v) is 18.5. The first-order valence-electron chi connectivity index (χ1n) is 10.2. The van der Waals surface area contributed by atoms with Crippen LogP contribution in [0.4, 0.5) is 0 Å². The summed E-state index contributed by atoms with van der Waals surface area (Å²) in [7, 11) is 1.36. The van der Waals surface area contributed by atoms with Crippen LogP contribution >= 0.6 is 11.3 Å². The predicted octanol–water partition coefficient (Wildman–Crippen LogP) is 3.36. The summed E-state index contributed by atoms with van der Waals surface area (Å²) in [5.41, 5.74) is 3.49. The lowest BCUT2D eigenvalue weighted by atomic mass is 9.99. The van der Waals surface area contributed by atoms with Crippen LogP contribution in [0.25, 0.3) is 10.9 Å². The van der Waals surface area contributed by atoms with E-state index in [0.29, 0.717) is 30.0 Å². The largest absolute Gasteiger partial charge is 0.465 e. The fraction of sp³-hybridized carbons (Fsp3) is 0.348. The number of fused-ring (bicyclic) bond motifs is 3. The van der Waals surface area contributed by atoms with E-state index in [1.54, 1.807) is 17.0 Å². The summed E-state index contributed by atoms with van der Waals surface area (Å²) in [6, 6.07) is 8.37. The lowest BCUT2D eigenvalue weighted by Gasteiger charge is -2.32. The highest BCUT2D eigenvalue weighted by Crippen LogP contribution is 2.29. The zero-order chi connectivity index (χ0) is 22.1. The van der Waals surface area contributed by atoms with Gasteiger partial charge in [-0.15, -0.1) is 11.3 Å². The maximum absolute atomic E-state index is 13.4. The molecule has 162 valence electrons. The minimum atomic E-state index is -0.605. The molecular formula is C23H25N3O4S. The summed E-state index contributed by atoms with van der Waals surface area (Å²) in [4.78, 5) is 43.6. The molecule has 0 bridgehead atoms. The molecule has 8 heteroatoms. The fourth-order valence-corrected chi connectivity index (χ4v) is 4.60. The van der Waals surface area contributed by atoms with Gasteiger partial charge in [-0.3, -0.25) is 9.59 Å². The number of ether oxygens (including phenoxy) is 1. The third-order valence-electron chi connectivity index (χ3n) is 5.67. The smallest absolute Gasteiger partial charge is 0.337 e. The van der Waals surface area contributed by atoms with Gasteiger partial charge in [-0.25, -0.2) is 4.79 Å². The van der Waals surface area contributed by atoms with E-state index in [2.05, 4.69) is 10.3 Å². The highest BCUT2D eigenvalue weighted by Gasteiger charge is 2.32. The van der Waals surface area contributed by atoms with E-state index in [4.69, 9.17) is 4.74 Å². The number of carbonyl (C=O) groups is 3. The zero-order valence-electron chi connectivity index (χ0n) is 17.7. The normalized spacial score (nSPS) is 14.4. The molecule has 0 fully saturated rings. The van der Waals surface area contributed by atoms with Crippen LogP contribution in [-0.2, 0) is 22.5 Å². The van der Waals surface area contributed by atoms with Crippen molar-refractivity contribution in [2.24, 2.45) is 5.92 Å². The molecule has 3 aromatic rings. The number of rotatable bonds is 5. The number of carbonyl (C=O) groups excluding carboxylic acids is 3. The Kier molecular flexibility index (Phi) is 5.82. The Morgan fingerprint density at radius 1 is 1.23 bits per heavy atom. The molecule has 1 unspecified atom stereocenters. The quantitative estimate of drug-likeness (QED) is 0.597. The molecular weight excluding hydrogens is 414 g/mol. The molecule has 1 atom stereocenters. The molecule has 0 aliphatic carbocycles. The number of aromatic nitrogens is 1. The van der Waals surface area contributed by atoms with Gasteiger partial charge in [0.1, 0.15) is 6.04 Å². The van der Waals surface area contributed by atoms with Gasteiger partial charge < -0.3 is 19.9 Å². The third kappa shape index (κ3) is 4.07. The van der Waals surface area contributed by atoms with Crippen LogP contribution in [0.3, 0.4) is 0 Å². The van der Waals surface area contributed by atoms with E-state index in [0.717, 1.165) is 22.2 Å². The number of methoxy groups -OCH3 is 1. The van der Waals surface area contributed by atoms with Gasteiger partial charge >= 0.3 is 5.97 Å². The number of hydrogen-bond donors (Lipinski definition) is 2. The van der Waals surface area contributed by atoms with Gasteiger partial charge in [-0.1, -0.05) is 19.9 Å². The summed E-state index contributed by atoms with van der Waals surface area (Å²) < 4.78 is 4.84. The van der Waals surface area contributed by atoms with Crippen molar-refractivity contribution in [1.82, 2.24) is 15.2 Å². The van der Waals surface area contributed by atoms with E-state index < -0.39 is 12.0 Å². The second kappa shape index (κ2) is 8.55. The van der Waals surface area contributed by atoms with Crippen molar-refractivity contribution in [3.8, 4) is 0 Å². The maximum Gasteiger partial charge on any atom is 0.337 e. The number of H-pyrrole nitrogens is 1. The second-order valence-corrected chi connectivity index (χ2v) is 8.96. The van der Waals surface area contributed by atoms with Gasteiger partial charge in [0.25, 0.3) is 5.91 Å². The van der Waals surface area contributed by atoms with Crippen LogP contribution in [0.2, 0.25) is 0 Å². The Hall–Kier alpha value is -3.13. The van der Waals surface area contributed by atoms with Crippen LogP contribution in [0.15, 0.2) is 35.7 Å². The topological polar surface area (TPSA) is 91.5 Å². The second-order valence-electron chi connectivity index (χ2n) is 8.02. The van der Waals surface area contributed by atoms with E-state index in [9.17, 15) is 14.4 Å². The molecule has 1 aliphatic rings. The van der Waals surface area contributed by atoms with Crippen molar-refractivity contribution < 1.29 is 19.1 Å². The fourth-order valence-electron chi connectivity index (χ4n) is 3.98. The van der Waals surface area contributed by atoms with Gasteiger partial charge in [0.15, 0.2) is 0 Å². The maximum atomic E-state index is 13.4. The lowest BCUT2D eigenvalue weighted by molar-refractivity contribution is -0.135. The van der Waals surface area contributed by atoms with Crippen molar-refractivity contribution in [2.75, 3.05) is 13.7 Å². The molecule has 31 heavy (non-hydrogen) atoms. The van der Waals surface area contributed by atoms with E-state index in [1.165, 1.54) is 18.4 Å². The Balaban J connectivity index is 1.58. The molecule has 0 spiro atoms. The molecule has 3 heterocycles. The third-order valence-corrected chi connectivity index (χ3v) is 6.54. The van der Waals surface area contributed by atoms with Crippen molar-refractivity contribution >= 4 is 40.0 Å². The van der Waals surface area contributed by atoms with Gasteiger partial charge in [-0.05, 0) is 35.6 Å². The molecule has 1 aromatic carbocycles. The van der Waals surface area contributed by atoms with Crippen LogP contribution < -0.4 is 5.32 Å². The predicted molar refractivity (Wildman–Crippen MR) is 119 cm³/mol. The summed E-state index contributed by atoms with van der Waals surface area (Å²) in [5.74, 6) is -0.762. The van der Waals surface area contributed by atoms with E-state index >= 15 is 0 Å². The Morgan fingerprint density at radius 3 is 2.71 bits per heavy atom. The van der Waals surface area contributed by atoms with E-state index in [-0.39, 0.29) is 17.7 Å². The number of amides is 2. The molecule has 0 radical (unpaired) electrons. The summed E-state index contributed by atoms with van der Waals surface area (Å²) in [6.07, 6.45) is 0.687. The van der Waals surface area contributed by atoms with Crippen molar-refractivity contribution in [3.05, 3.63) is 57.4 Å². The molecule has 2 aromatic heterocycles. The van der Waals surface area contributed by atoms with Crippen LogP contribution in [0.5, 0.6) is 0 Å². The monoisotopic (exact) mass is 439 g/mol. The number of aromatic amines is 1. The minimum Gasteiger partial charge on any atom is -0.465 e.